The topological polar surface area (TPSA) is 124 Å². The Kier molecular flexibility index (Phi) is 9.24. The molecule has 2 aromatic carbocycles. The predicted molar refractivity (Wildman–Crippen MR) is 120 cm³/mol. The molecule has 0 unspecified atom stereocenters. The van der Waals surface area contributed by atoms with Gasteiger partial charge in [-0.15, -0.1) is 12.1 Å². The Morgan fingerprint density at radius 2 is 1.85 bits per heavy atom. The number of benzene rings is 2. The Balaban J connectivity index is 0.000000714. The van der Waals surface area contributed by atoms with Crippen LogP contribution in [0.1, 0.15) is 37.8 Å². The van der Waals surface area contributed by atoms with E-state index in [1.807, 2.05) is 12.1 Å². The number of carbonyl (C=O) groups is 2. The number of rotatable bonds is 4. The van der Waals surface area contributed by atoms with Crippen molar-refractivity contribution in [3.8, 4) is 0 Å². The molecule has 4 rings (SSSR count). The van der Waals surface area contributed by atoms with Crippen molar-refractivity contribution in [2.24, 2.45) is 0 Å². The molecule has 1 aliphatic rings. The van der Waals surface area contributed by atoms with Gasteiger partial charge in [0.1, 0.15) is 17.5 Å². The molecule has 1 aromatic heterocycles. The summed E-state index contributed by atoms with van der Waals surface area (Å²) >= 11 is 0. The van der Waals surface area contributed by atoms with Gasteiger partial charge in [-0.2, -0.15) is 18.2 Å². The maximum absolute atomic E-state index is 12.9. The number of hydrazine groups is 3. The van der Waals surface area contributed by atoms with Gasteiger partial charge in [0, 0.05) is 6.92 Å². The molecule has 9 nitrogen and oxygen atoms in total. The maximum Gasteiger partial charge on any atom is 1.00 e. The van der Waals surface area contributed by atoms with Crippen molar-refractivity contribution in [1.29, 1.82) is 0 Å². The zero-order valence-electron chi connectivity index (χ0n) is 18.8. The number of carbonyl (C=O) groups excluding carboxylic acids is 1. The average Bonchev–Trinajstić information content (AvgIpc) is 3.08. The van der Waals surface area contributed by atoms with Crippen molar-refractivity contribution < 1.29 is 48.7 Å². The van der Waals surface area contributed by atoms with E-state index in [4.69, 9.17) is 14.3 Å². The van der Waals surface area contributed by atoms with Crippen LogP contribution in [0, 0.1) is 6.07 Å². The van der Waals surface area contributed by atoms with Crippen LogP contribution in [0.2, 0.25) is 0 Å². The molecular formula is C23H23N4NaO5. The van der Waals surface area contributed by atoms with Gasteiger partial charge < -0.3 is 14.9 Å². The normalized spacial score (nSPS) is 14.2. The summed E-state index contributed by atoms with van der Waals surface area (Å²) in [7, 11) is 0. The molecule has 166 valence electrons. The number of anilines is 1. The van der Waals surface area contributed by atoms with Gasteiger partial charge in [0.2, 0.25) is 0 Å². The number of hydrogen-bond acceptors (Lipinski definition) is 7. The first-order valence-corrected chi connectivity index (χ1v) is 9.82. The molecule has 1 saturated heterocycles. The van der Waals surface area contributed by atoms with Crippen LogP contribution in [0.3, 0.4) is 0 Å². The number of amides is 1. The predicted octanol–water partition coefficient (Wildman–Crippen LogP) is 0.0309. The molecule has 0 radical (unpaired) electrons. The number of carboxylic acid groups (broad SMARTS) is 1. The van der Waals surface area contributed by atoms with Crippen molar-refractivity contribution in [2.75, 3.05) is 5.43 Å². The van der Waals surface area contributed by atoms with Crippen LogP contribution in [0.5, 0.6) is 0 Å². The summed E-state index contributed by atoms with van der Waals surface area (Å²) < 4.78 is 5.59. The van der Waals surface area contributed by atoms with Crippen LogP contribution in [0.15, 0.2) is 63.6 Å². The molecule has 0 saturated carbocycles. The Morgan fingerprint density at radius 1 is 1.18 bits per heavy atom. The molecule has 3 aromatic rings. The first kappa shape index (κ1) is 26.1. The number of fused-ring (bicyclic) bond motifs is 1. The summed E-state index contributed by atoms with van der Waals surface area (Å²) in [4.78, 5) is 34.1. The van der Waals surface area contributed by atoms with E-state index in [1.54, 1.807) is 30.3 Å². The monoisotopic (exact) mass is 458 g/mol. The third-order valence-electron chi connectivity index (χ3n) is 4.44. The summed E-state index contributed by atoms with van der Waals surface area (Å²) in [5.74, 6) is -0.909. The van der Waals surface area contributed by atoms with Crippen LogP contribution in [0.4, 0.5) is 5.69 Å². The fourth-order valence-corrected chi connectivity index (χ4v) is 2.88. The SMILES string of the molecule is CC(=O)O.CC(C)c1ccc2occ(/C=C3\NN(Nc4cc[c-]cc4)NC3=O)c(=O)c2c1.[Na+]. The van der Waals surface area contributed by atoms with Crippen LogP contribution < -0.4 is 51.3 Å². The minimum Gasteiger partial charge on any atom is -0.481 e. The smallest absolute Gasteiger partial charge is 0.481 e. The van der Waals surface area contributed by atoms with E-state index in [0.29, 0.717) is 22.5 Å². The second-order valence-electron chi connectivity index (χ2n) is 7.30. The van der Waals surface area contributed by atoms with Crippen LogP contribution in [-0.2, 0) is 9.59 Å². The quantitative estimate of drug-likeness (QED) is 0.245. The summed E-state index contributed by atoms with van der Waals surface area (Å²) in [6.07, 6.45) is 2.84. The minimum absolute atomic E-state index is 0. The van der Waals surface area contributed by atoms with E-state index < -0.39 is 5.97 Å². The maximum atomic E-state index is 12.9. The van der Waals surface area contributed by atoms with Crippen LogP contribution in [-0.4, -0.2) is 22.2 Å². The summed E-state index contributed by atoms with van der Waals surface area (Å²) in [5, 5.41) is 9.23. The van der Waals surface area contributed by atoms with E-state index in [1.165, 1.54) is 17.6 Å². The van der Waals surface area contributed by atoms with Crippen LogP contribution in [0.25, 0.3) is 17.0 Å². The van der Waals surface area contributed by atoms with E-state index >= 15 is 0 Å². The van der Waals surface area contributed by atoms with Crippen molar-refractivity contribution in [3.63, 3.8) is 0 Å². The molecule has 33 heavy (non-hydrogen) atoms. The largest absolute Gasteiger partial charge is 1.00 e. The third kappa shape index (κ3) is 6.93. The average molecular weight is 458 g/mol. The second kappa shape index (κ2) is 11.7. The molecule has 0 bridgehead atoms. The molecule has 10 heteroatoms. The number of nitrogens with zero attached hydrogens (tertiary/aromatic N) is 1. The van der Waals surface area contributed by atoms with Crippen LogP contribution >= 0.6 is 0 Å². The molecule has 1 amide bonds. The van der Waals surface area contributed by atoms with Gasteiger partial charge in [-0.25, -0.2) is 5.43 Å². The molecule has 1 aliphatic heterocycles. The zero-order valence-corrected chi connectivity index (χ0v) is 20.8. The van der Waals surface area contributed by atoms with Crippen molar-refractivity contribution in [3.05, 3.63) is 81.8 Å². The first-order chi connectivity index (χ1) is 15.2. The molecule has 2 heterocycles. The van der Waals surface area contributed by atoms with E-state index in [2.05, 4.69) is 36.2 Å². The van der Waals surface area contributed by atoms with Gasteiger partial charge in [0.25, 0.3) is 11.9 Å². The fraction of sp³-hybridized carbons (Fsp3) is 0.174. The Hall–Kier alpha value is -3.11. The van der Waals surface area contributed by atoms with Crippen molar-refractivity contribution in [2.45, 2.75) is 26.7 Å². The third-order valence-corrected chi connectivity index (χ3v) is 4.44. The van der Waals surface area contributed by atoms with Gasteiger partial charge in [-0.1, -0.05) is 25.6 Å². The summed E-state index contributed by atoms with van der Waals surface area (Å²) in [6, 6.07) is 15.6. The molecule has 0 atom stereocenters. The minimum atomic E-state index is -0.833. The number of nitrogens with one attached hydrogen (secondary N) is 3. The van der Waals surface area contributed by atoms with E-state index in [9.17, 15) is 9.59 Å². The molecule has 1 fully saturated rings. The van der Waals surface area contributed by atoms with Crippen molar-refractivity contribution >= 4 is 34.6 Å². The Labute approximate surface area is 212 Å². The molecule has 0 aliphatic carbocycles. The first-order valence-electron chi connectivity index (χ1n) is 9.82. The summed E-state index contributed by atoms with van der Waals surface area (Å²) in [5.41, 5.74) is 11.1. The van der Waals surface area contributed by atoms with Gasteiger partial charge in [-0.05, 0) is 34.9 Å². The Bertz CT molecular complexity index is 1220. The van der Waals surface area contributed by atoms with Gasteiger partial charge in [0.05, 0.1) is 10.9 Å². The molecule has 4 N–H and O–H groups in total. The van der Waals surface area contributed by atoms with E-state index in [0.717, 1.165) is 18.2 Å². The van der Waals surface area contributed by atoms with Gasteiger partial charge in [0.15, 0.2) is 5.43 Å². The number of hydrogen-bond donors (Lipinski definition) is 4. The van der Waals surface area contributed by atoms with E-state index in [-0.39, 0.29) is 46.6 Å². The zero-order chi connectivity index (χ0) is 23.3. The van der Waals surface area contributed by atoms with Crippen molar-refractivity contribution in [1.82, 2.24) is 16.1 Å². The molecular weight excluding hydrogens is 435 g/mol. The van der Waals surface area contributed by atoms with Gasteiger partial charge in [-0.3, -0.25) is 19.8 Å². The summed E-state index contributed by atoms with van der Waals surface area (Å²) in [6.45, 7) is 5.21. The standard InChI is InChI=1S/C21H19N4O3.C2H4O2.Na/c1-13(2)14-8-9-19-17(10-14)20(26)15(12-28-19)11-18-21(27)24-25(23-18)22-16-6-4-3-5-7-16;1-2(3)4;/h4-13,22-23H,1-2H3,(H,24,27);1H3,(H,3,4);/q-1;;+1/b18-11-;;. The number of aliphatic carboxylic acids is 1. The Morgan fingerprint density at radius 3 is 2.48 bits per heavy atom. The second-order valence-corrected chi connectivity index (χ2v) is 7.30. The molecule has 0 spiro atoms. The number of carboxylic acids is 1. The fourth-order valence-electron chi connectivity index (χ4n) is 2.88. The van der Waals surface area contributed by atoms with Gasteiger partial charge >= 0.3 is 29.6 Å².